The molecule has 58 heavy (non-hydrogen) atoms. The summed E-state index contributed by atoms with van der Waals surface area (Å²) in [4.78, 5) is 20.1. The second kappa shape index (κ2) is 12.8. The zero-order chi connectivity index (χ0) is 38.2. The fourth-order valence-electron chi connectivity index (χ4n) is 8.70. The van der Waals surface area contributed by atoms with E-state index >= 15 is 0 Å². The van der Waals surface area contributed by atoms with Crippen LogP contribution in [-0.2, 0) is 0 Å². The Labute approximate surface area is 333 Å². The molecule has 0 N–H and O–H groups in total. The Bertz CT molecular complexity index is 3490. The van der Waals surface area contributed by atoms with Gasteiger partial charge in [0.2, 0.25) is 0 Å². The third-order valence-corrected chi connectivity index (χ3v) is 11.3. The van der Waals surface area contributed by atoms with Gasteiger partial charge in [-0.2, -0.15) is 0 Å². The Hall–Kier alpha value is -7.96. The van der Waals surface area contributed by atoms with Crippen LogP contribution in [0.5, 0.6) is 0 Å². The molecule has 6 heteroatoms. The number of hydrogen-bond acceptors (Lipinski definition) is 4. The number of rotatable bonds is 5. The standard InChI is InChI=1S/C52H32N6/c1-3-14-34(15-4-1)49-54-50(35-16-5-2-6-17-35)56-51(55-49)36-28-26-33(27-29-36)37-18-13-19-38(32-37)57-44-24-11-8-21-41(44)47-46(57)31-30-40-39-20-7-10-23-43(39)58-45-25-12-9-22-42(45)53-52(58)48(40)47/h1-32H. The quantitative estimate of drug-likeness (QED) is 0.165. The summed E-state index contributed by atoms with van der Waals surface area (Å²) < 4.78 is 4.74. The van der Waals surface area contributed by atoms with E-state index in [2.05, 4.69) is 142 Å². The van der Waals surface area contributed by atoms with Gasteiger partial charge in [0.05, 0.1) is 27.6 Å². The molecule has 4 aromatic heterocycles. The van der Waals surface area contributed by atoms with Crippen LogP contribution in [0.4, 0.5) is 0 Å². The summed E-state index contributed by atoms with van der Waals surface area (Å²) in [5.41, 5.74) is 12.7. The molecule has 0 unspecified atom stereocenters. The van der Waals surface area contributed by atoms with Gasteiger partial charge in [-0.05, 0) is 59.0 Å². The minimum atomic E-state index is 0.637. The molecule has 0 radical (unpaired) electrons. The van der Waals surface area contributed by atoms with Crippen molar-refractivity contribution in [3.05, 3.63) is 194 Å². The van der Waals surface area contributed by atoms with Gasteiger partial charge in [0, 0.05) is 43.9 Å². The molecule has 12 rings (SSSR count). The molecule has 6 nitrogen and oxygen atoms in total. The van der Waals surface area contributed by atoms with Crippen molar-refractivity contribution < 1.29 is 0 Å². The number of nitrogens with zero attached hydrogens (tertiary/aromatic N) is 6. The topological polar surface area (TPSA) is 60.9 Å². The molecule has 0 fully saturated rings. The Morgan fingerprint density at radius 3 is 1.57 bits per heavy atom. The minimum Gasteiger partial charge on any atom is -0.309 e. The predicted octanol–water partition coefficient (Wildman–Crippen LogP) is 12.7. The van der Waals surface area contributed by atoms with E-state index in [1.54, 1.807) is 0 Å². The molecule has 0 spiro atoms. The second-order valence-electron chi connectivity index (χ2n) is 14.7. The number of aromatic nitrogens is 6. The van der Waals surface area contributed by atoms with Crippen molar-refractivity contribution in [3.8, 4) is 51.0 Å². The van der Waals surface area contributed by atoms with Crippen LogP contribution in [-0.4, -0.2) is 28.9 Å². The maximum Gasteiger partial charge on any atom is 0.164 e. The van der Waals surface area contributed by atoms with Crippen LogP contribution in [0.1, 0.15) is 0 Å². The molecule has 0 saturated heterocycles. The van der Waals surface area contributed by atoms with Gasteiger partial charge in [-0.25, -0.2) is 19.9 Å². The van der Waals surface area contributed by atoms with Gasteiger partial charge < -0.3 is 4.57 Å². The van der Waals surface area contributed by atoms with Crippen molar-refractivity contribution in [2.75, 3.05) is 0 Å². The summed E-state index contributed by atoms with van der Waals surface area (Å²) in [6, 6.07) is 68.0. The van der Waals surface area contributed by atoms with Gasteiger partial charge in [-0.3, -0.25) is 4.40 Å². The van der Waals surface area contributed by atoms with Crippen LogP contribution in [0, 0.1) is 0 Å². The summed E-state index contributed by atoms with van der Waals surface area (Å²) in [7, 11) is 0. The van der Waals surface area contributed by atoms with Crippen molar-refractivity contribution in [2.24, 2.45) is 0 Å². The first-order chi connectivity index (χ1) is 28.8. The number of fused-ring (bicyclic) bond motifs is 12. The lowest BCUT2D eigenvalue weighted by Crippen LogP contribution is -2.00. The molecular weight excluding hydrogens is 709 g/mol. The second-order valence-corrected chi connectivity index (χ2v) is 14.7. The highest BCUT2D eigenvalue weighted by Crippen LogP contribution is 2.42. The SMILES string of the molecule is c1ccc(-c2nc(-c3ccccc3)nc(-c3ccc(-c4cccc(-n5c6ccccc6c6c7c(ccc65)c5ccccc5n5c6ccccc6nc75)c4)cc3)n2)cc1. The highest BCUT2D eigenvalue weighted by atomic mass is 15.0. The van der Waals surface area contributed by atoms with Crippen molar-refractivity contribution in [2.45, 2.75) is 0 Å². The van der Waals surface area contributed by atoms with Gasteiger partial charge >= 0.3 is 0 Å². The van der Waals surface area contributed by atoms with Crippen LogP contribution < -0.4 is 0 Å². The molecule has 0 saturated carbocycles. The molecular formula is C52H32N6. The number of benzene rings is 8. The average Bonchev–Trinajstić information content (AvgIpc) is 3.86. The molecule has 270 valence electrons. The average molecular weight is 741 g/mol. The lowest BCUT2D eigenvalue weighted by molar-refractivity contribution is 1.07. The molecule has 0 aliphatic rings. The van der Waals surface area contributed by atoms with Crippen LogP contribution in [0.15, 0.2) is 194 Å². The number of para-hydroxylation sites is 4. The molecule has 0 aliphatic carbocycles. The van der Waals surface area contributed by atoms with Crippen molar-refractivity contribution in [1.82, 2.24) is 28.9 Å². The highest BCUT2D eigenvalue weighted by molar-refractivity contribution is 6.29. The van der Waals surface area contributed by atoms with Crippen molar-refractivity contribution in [1.29, 1.82) is 0 Å². The number of pyridine rings is 1. The fraction of sp³-hybridized carbons (Fsp3) is 0. The highest BCUT2D eigenvalue weighted by Gasteiger charge is 2.21. The van der Waals surface area contributed by atoms with Crippen LogP contribution in [0.3, 0.4) is 0 Å². The molecule has 0 atom stereocenters. The Balaban J connectivity index is 1.01. The van der Waals surface area contributed by atoms with E-state index in [0.717, 1.165) is 66.7 Å². The summed E-state index contributed by atoms with van der Waals surface area (Å²) >= 11 is 0. The monoisotopic (exact) mass is 740 g/mol. The van der Waals surface area contributed by atoms with Gasteiger partial charge in [-0.15, -0.1) is 0 Å². The Morgan fingerprint density at radius 2 is 0.862 bits per heavy atom. The fourth-order valence-corrected chi connectivity index (χ4v) is 8.70. The first-order valence-corrected chi connectivity index (χ1v) is 19.5. The van der Waals surface area contributed by atoms with Gasteiger partial charge in [0.15, 0.2) is 17.5 Å². The molecule has 0 amide bonds. The normalized spacial score (nSPS) is 11.8. The van der Waals surface area contributed by atoms with E-state index in [1.807, 2.05) is 60.7 Å². The number of hydrogen-bond donors (Lipinski definition) is 0. The van der Waals surface area contributed by atoms with E-state index in [4.69, 9.17) is 19.9 Å². The zero-order valence-corrected chi connectivity index (χ0v) is 31.2. The maximum absolute atomic E-state index is 5.30. The third kappa shape index (κ3) is 4.98. The first-order valence-electron chi connectivity index (χ1n) is 19.5. The largest absolute Gasteiger partial charge is 0.309 e. The lowest BCUT2D eigenvalue weighted by atomic mass is 10.0. The summed E-state index contributed by atoms with van der Waals surface area (Å²) in [6.45, 7) is 0. The summed E-state index contributed by atoms with van der Waals surface area (Å²) in [5.74, 6) is 1.93. The molecule has 4 heterocycles. The van der Waals surface area contributed by atoms with E-state index in [9.17, 15) is 0 Å². The maximum atomic E-state index is 5.30. The molecule has 0 bridgehead atoms. The van der Waals surface area contributed by atoms with Crippen LogP contribution in [0.2, 0.25) is 0 Å². The van der Waals surface area contributed by atoms with E-state index in [1.165, 1.54) is 26.9 Å². The van der Waals surface area contributed by atoms with Gasteiger partial charge in [-0.1, -0.05) is 152 Å². The smallest absolute Gasteiger partial charge is 0.164 e. The van der Waals surface area contributed by atoms with E-state index in [0.29, 0.717) is 17.5 Å². The van der Waals surface area contributed by atoms with E-state index < -0.39 is 0 Å². The number of imidazole rings is 1. The molecule has 12 aromatic rings. The molecule has 8 aromatic carbocycles. The third-order valence-electron chi connectivity index (χ3n) is 11.3. The van der Waals surface area contributed by atoms with E-state index in [-0.39, 0.29) is 0 Å². The summed E-state index contributed by atoms with van der Waals surface area (Å²) in [5, 5.41) is 5.98. The summed E-state index contributed by atoms with van der Waals surface area (Å²) in [6.07, 6.45) is 0. The van der Waals surface area contributed by atoms with Crippen molar-refractivity contribution >= 4 is 60.2 Å². The zero-order valence-electron chi connectivity index (χ0n) is 31.2. The van der Waals surface area contributed by atoms with Crippen LogP contribution in [0.25, 0.3) is 111 Å². The predicted molar refractivity (Wildman–Crippen MR) is 237 cm³/mol. The molecule has 0 aliphatic heterocycles. The van der Waals surface area contributed by atoms with Crippen LogP contribution >= 0.6 is 0 Å². The minimum absolute atomic E-state index is 0.637. The Kier molecular flexibility index (Phi) is 7.13. The van der Waals surface area contributed by atoms with Crippen molar-refractivity contribution in [3.63, 3.8) is 0 Å². The van der Waals surface area contributed by atoms with Gasteiger partial charge in [0.25, 0.3) is 0 Å². The first kappa shape index (κ1) is 32.3. The Morgan fingerprint density at radius 1 is 0.310 bits per heavy atom. The lowest BCUT2D eigenvalue weighted by Gasteiger charge is -2.12. The van der Waals surface area contributed by atoms with Gasteiger partial charge in [0.1, 0.15) is 5.65 Å².